The van der Waals surface area contributed by atoms with E-state index in [2.05, 4.69) is 40.1 Å². The van der Waals surface area contributed by atoms with Gasteiger partial charge in [0.1, 0.15) is 17.0 Å². The summed E-state index contributed by atoms with van der Waals surface area (Å²) in [7, 11) is 0. The van der Waals surface area contributed by atoms with Gasteiger partial charge in [-0.1, -0.05) is 6.92 Å². The van der Waals surface area contributed by atoms with Gasteiger partial charge in [-0.2, -0.15) is 0 Å². The highest BCUT2D eigenvalue weighted by atomic mass is 32.1. The predicted molar refractivity (Wildman–Crippen MR) is 85.7 cm³/mol. The first-order valence-corrected chi connectivity index (χ1v) is 8.29. The number of thiophene rings is 1. The van der Waals surface area contributed by atoms with Crippen molar-refractivity contribution in [2.24, 2.45) is 0 Å². The van der Waals surface area contributed by atoms with E-state index in [9.17, 15) is 0 Å². The fraction of sp³-hybridized carbons (Fsp3) is 0.600. The van der Waals surface area contributed by atoms with Crippen molar-refractivity contribution in [1.29, 1.82) is 0 Å². The van der Waals surface area contributed by atoms with Gasteiger partial charge in [0, 0.05) is 24.0 Å². The summed E-state index contributed by atoms with van der Waals surface area (Å²) < 4.78 is 0. The van der Waals surface area contributed by atoms with Crippen LogP contribution in [0.15, 0.2) is 12.4 Å². The molecule has 1 unspecified atom stereocenters. The molecule has 1 atom stereocenters. The number of anilines is 1. The predicted octanol–water partition coefficient (Wildman–Crippen LogP) is 2.97. The van der Waals surface area contributed by atoms with Crippen molar-refractivity contribution < 1.29 is 0 Å². The lowest BCUT2D eigenvalue weighted by Crippen LogP contribution is -2.38. The van der Waals surface area contributed by atoms with Crippen molar-refractivity contribution >= 4 is 27.4 Å². The quantitative estimate of drug-likeness (QED) is 0.919. The van der Waals surface area contributed by atoms with Gasteiger partial charge in [-0.25, -0.2) is 9.97 Å². The molecule has 2 aromatic heterocycles. The standard InChI is InChI=1S/C15H22N4S/c1-3-7-19(9-12-5-4-6-16-12)14-13-8-11(2)20-15(13)18-10-17-14/h8,10,12,16H,3-7,9H2,1-2H3. The Morgan fingerprint density at radius 1 is 1.45 bits per heavy atom. The van der Waals surface area contributed by atoms with Gasteiger partial charge in [-0.3, -0.25) is 0 Å². The van der Waals surface area contributed by atoms with Gasteiger partial charge in [0.25, 0.3) is 0 Å². The van der Waals surface area contributed by atoms with Crippen molar-refractivity contribution in [1.82, 2.24) is 15.3 Å². The smallest absolute Gasteiger partial charge is 0.140 e. The third-order valence-electron chi connectivity index (χ3n) is 3.83. The van der Waals surface area contributed by atoms with Crippen LogP contribution < -0.4 is 10.2 Å². The van der Waals surface area contributed by atoms with Crippen LogP contribution >= 0.6 is 11.3 Å². The topological polar surface area (TPSA) is 41.0 Å². The molecule has 0 radical (unpaired) electrons. The molecule has 108 valence electrons. The van der Waals surface area contributed by atoms with Gasteiger partial charge < -0.3 is 10.2 Å². The maximum atomic E-state index is 4.57. The van der Waals surface area contributed by atoms with Gasteiger partial charge in [-0.05, 0) is 38.8 Å². The minimum Gasteiger partial charge on any atom is -0.354 e. The molecule has 1 fully saturated rings. The Morgan fingerprint density at radius 3 is 3.10 bits per heavy atom. The molecule has 3 rings (SSSR count). The number of aryl methyl sites for hydroxylation is 1. The third-order valence-corrected chi connectivity index (χ3v) is 4.79. The molecule has 0 spiro atoms. The first-order chi connectivity index (χ1) is 9.78. The molecule has 1 aliphatic heterocycles. The summed E-state index contributed by atoms with van der Waals surface area (Å²) >= 11 is 1.75. The molecule has 2 aromatic rings. The summed E-state index contributed by atoms with van der Waals surface area (Å²) in [5.41, 5.74) is 0. The summed E-state index contributed by atoms with van der Waals surface area (Å²) in [5.74, 6) is 1.11. The van der Waals surface area contributed by atoms with Gasteiger partial charge in [-0.15, -0.1) is 11.3 Å². The second-order valence-corrected chi connectivity index (χ2v) is 6.75. The molecule has 1 aliphatic rings. The van der Waals surface area contributed by atoms with E-state index < -0.39 is 0 Å². The van der Waals surface area contributed by atoms with Crippen molar-refractivity contribution in [2.75, 3.05) is 24.5 Å². The van der Waals surface area contributed by atoms with E-state index in [1.54, 1.807) is 17.7 Å². The van der Waals surface area contributed by atoms with Crippen LogP contribution in [0.5, 0.6) is 0 Å². The molecule has 1 N–H and O–H groups in total. The average molecular weight is 290 g/mol. The maximum Gasteiger partial charge on any atom is 0.140 e. The zero-order chi connectivity index (χ0) is 13.9. The van der Waals surface area contributed by atoms with Crippen LogP contribution in [0.2, 0.25) is 0 Å². The van der Waals surface area contributed by atoms with Crippen LogP contribution in [0.1, 0.15) is 31.1 Å². The van der Waals surface area contributed by atoms with E-state index in [0.29, 0.717) is 6.04 Å². The van der Waals surface area contributed by atoms with Crippen molar-refractivity contribution in [3.63, 3.8) is 0 Å². The first kappa shape index (κ1) is 13.8. The molecule has 0 saturated carbocycles. The third kappa shape index (κ3) is 2.79. The fourth-order valence-electron chi connectivity index (χ4n) is 2.95. The lowest BCUT2D eigenvalue weighted by Gasteiger charge is -2.26. The molecular formula is C15H22N4S. The molecule has 4 nitrogen and oxygen atoms in total. The Balaban J connectivity index is 1.91. The molecule has 0 bridgehead atoms. The van der Waals surface area contributed by atoms with Crippen LogP contribution in [0, 0.1) is 6.92 Å². The fourth-order valence-corrected chi connectivity index (χ4v) is 3.79. The number of hydrogen-bond acceptors (Lipinski definition) is 5. The molecule has 0 amide bonds. The summed E-state index contributed by atoms with van der Waals surface area (Å²) in [4.78, 5) is 13.8. The van der Waals surface area contributed by atoms with E-state index >= 15 is 0 Å². The zero-order valence-electron chi connectivity index (χ0n) is 12.2. The number of nitrogens with one attached hydrogen (secondary N) is 1. The van der Waals surface area contributed by atoms with Gasteiger partial charge in [0.05, 0.1) is 5.39 Å². The number of rotatable bonds is 5. The van der Waals surface area contributed by atoms with Crippen LogP contribution in [0.3, 0.4) is 0 Å². The number of nitrogens with zero attached hydrogens (tertiary/aromatic N) is 3. The highest BCUT2D eigenvalue weighted by molar-refractivity contribution is 7.18. The number of fused-ring (bicyclic) bond motifs is 1. The molecule has 0 aromatic carbocycles. The summed E-state index contributed by atoms with van der Waals surface area (Å²) in [6, 6.07) is 2.83. The van der Waals surface area contributed by atoms with E-state index in [1.165, 1.54) is 23.1 Å². The van der Waals surface area contributed by atoms with Crippen LogP contribution in [-0.4, -0.2) is 35.6 Å². The van der Waals surface area contributed by atoms with Crippen molar-refractivity contribution in [3.8, 4) is 0 Å². The Morgan fingerprint density at radius 2 is 2.35 bits per heavy atom. The minimum absolute atomic E-state index is 0.603. The van der Waals surface area contributed by atoms with E-state index in [1.807, 2.05) is 0 Å². The van der Waals surface area contributed by atoms with Crippen LogP contribution in [0.4, 0.5) is 5.82 Å². The highest BCUT2D eigenvalue weighted by Gasteiger charge is 2.20. The Hall–Kier alpha value is -1.20. The number of aromatic nitrogens is 2. The molecule has 1 saturated heterocycles. The summed E-state index contributed by atoms with van der Waals surface area (Å²) in [6.45, 7) is 7.63. The van der Waals surface area contributed by atoms with E-state index in [-0.39, 0.29) is 0 Å². The summed E-state index contributed by atoms with van der Waals surface area (Å²) in [6.07, 6.45) is 5.41. The molecule has 3 heterocycles. The highest BCUT2D eigenvalue weighted by Crippen LogP contribution is 2.30. The lowest BCUT2D eigenvalue weighted by atomic mass is 10.2. The van der Waals surface area contributed by atoms with E-state index in [0.717, 1.165) is 36.7 Å². The summed E-state index contributed by atoms with van der Waals surface area (Å²) in [5, 5.41) is 4.80. The lowest BCUT2D eigenvalue weighted by molar-refractivity contribution is 0.576. The van der Waals surface area contributed by atoms with Crippen molar-refractivity contribution in [3.05, 3.63) is 17.3 Å². The molecule has 0 aliphatic carbocycles. The Bertz CT molecular complexity index is 574. The normalized spacial score (nSPS) is 18.8. The minimum atomic E-state index is 0.603. The Labute approximate surface area is 124 Å². The second-order valence-electron chi connectivity index (χ2n) is 5.51. The monoisotopic (exact) mass is 290 g/mol. The Kier molecular flexibility index (Phi) is 4.17. The largest absolute Gasteiger partial charge is 0.354 e. The maximum absolute atomic E-state index is 4.57. The van der Waals surface area contributed by atoms with Gasteiger partial charge in [0.15, 0.2) is 0 Å². The molecule has 5 heteroatoms. The van der Waals surface area contributed by atoms with Crippen molar-refractivity contribution in [2.45, 2.75) is 39.2 Å². The van der Waals surface area contributed by atoms with Gasteiger partial charge >= 0.3 is 0 Å². The zero-order valence-corrected chi connectivity index (χ0v) is 13.0. The first-order valence-electron chi connectivity index (χ1n) is 7.47. The molecular weight excluding hydrogens is 268 g/mol. The molecule has 20 heavy (non-hydrogen) atoms. The van der Waals surface area contributed by atoms with Crippen LogP contribution in [-0.2, 0) is 0 Å². The van der Waals surface area contributed by atoms with E-state index in [4.69, 9.17) is 0 Å². The number of hydrogen-bond donors (Lipinski definition) is 1. The van der Waals surface area contributed by atoms with Gasteiger partial charge in [0.2, 0.25) is 0 Å². The average Bonchev–Trinajstić information content (AvgIpc) is 3.05. The second kappa shape index (κ2) is 6.06. The van der Waals surface area contributed by atoms with Crippen LogP contribution in [0.25, 0.3) is 10.2 Å². The SMILES string of the molecule is CCCN(CC1CCCN1)c1ncnc2sc(C)cc12.